The fourth-order valence-electron chi connectivity index (χ4n) is 1.11. The molecule has 0 aromatic heterocycles. The first-order valence-electron chi connectivity index (χ1n) is 5.61. The Hall–Kier alpha value is 0.192. The standard InChI is InChI=1S/C9H15O2.2C2H5.Al/c1-2-3-7-10-9-6-4-5-8-11-9;2*1-2;/h1-2,9H,3-8H2;2*1H2,2H3;/q3*-1;+3. The van der Waals surface area contributed by atoms with Crippen LogP contribution in [0, 0.1) is 20.4 Å². The number of rotatable bonds is 4. The third kappa shape index (κ3) is 14.2. The average molecular weight is 240 g/mol. The summed E-state index contributed by atoms with van der Waals surface area (Å²) in [6.07, 6.45) is 5.87. The van der Waals surface area contributed by atoms with Gasteiger partial charge in [-0.1, -0.05) is 0 Å². The van der Waals surface area contributed by atoms with Gasteiger partial charge in [-0.2, -0.15) is 13.8 Å². The molecular formula is C13H25AlO2. The first-order chi connectivity index (χ1) is 7.43. The van der Waals surface area contributed by atoms with E-state index in [1.807, 2.05) is 0 Å². The van der Waals surface area contributed by atoms with Crippen LogP contribution in [0.3, 0.4) is 0 Å². The van der Waals surface area contributed by atoms with Crippen LogP contribution in [0.4, 0.5) is 0 Å². The Kier molecular flexibility index (Phi) is 27.6. The molecule has 1 rings (SSSR count). The number of hydrogen-bond donors (Lipinski definition) is 0. The molecule has 92 valence electrons. The van der Waals surface area contributed by atoms with E-state index in [2.05, 4.69) is 13.8 Å². The van der Waals surface area contributed by atoms with Crippen molar-refractivity contribution >= 4 is 17.4 Å². The van der Waals surface area contributed by atoms with Crippen molar-refractivity contribution in [1.82, 2.24) is 0 Å². The molecule has 0 N–H and O–H groups in total. The van der Waals surface area contributed by atoms with E-state index in [-0.39, 0.29) is 23.7 Å². The summed E-state index contributed by atoms with van der Waals surface area (Å²) in [5.41, 5.74) is 0. The van der Waals surface area contributed by atoms with Gasteiger partial charge >= 0.3 is 17.4 Å². The van der Waals surface area contributed by atoms with Crippen LogP contribution < -0.4 is 0 Å². The van der Waals surface area contributed by atoms with E-state index < -0.39 is 0 Å². The minimum absolute atomic E-state index is 0. The molecule has 0 saturated carbocycles. The van der Waals surface area contributed by atoms with Crippen LogP contribution in [0.15, 0.2) is 6.08 Å². The maximum absolute atomic E-state index is 5.39. The van der Waals surface area contributed by atoms with E-state index in [0.717, 1.165) is 19.4 Å². The summed E-state index contributed by atoms with van der Waals surface area (Å²) in [7, 11) is 0. The van der Waals surface area contributed by atoms with Crippen molar-refractivity contribution in [1.29, 1.82) is 0 Å². The molecule has 0 bridgehead atoms. The Morgan fingerprint density at radius 3 is 2.38 bits per heavy atom. The van der Waals surface area contributed by atoms with Gasteiger partial charge in [0.05, 0.1) is 6.61 Å². The Labute approximate surface area is 113 Å². The van der Waals surface area contributed by atoms with E-state index in [0.29, 0.717) is 6.61 Å². The van der Waals surface area contributed by atoms with E-state index in [1.54, 1.807) is 19.9 Å². The Morgan fingerprint density at radius 2 is 1.94 bits per heavy atom. The smallest absolute Gasteiger partial charge is 0.518 e. The van der Waals surface area contributed by atoms with Crippen molar-refractivity contribution in [2.24, 2.45) is 0 Å². The van der Waals surface area contributed by atoms with Crippen molar-refractivity contribution in [3.05, 3.63) is 26.5 Å². The van der Waals surface area contributed by atoms with Gasteiger partial charge in [-0.25, -0.2) is 0 Å². The van der Waals surface area contributed by atoms with Gasteiger partial charge in [-0.3, -0.25) is 6.08 Å². The zero-order chi connectivity index (χ0) is 11.9. The SMILES string of the molecule is [Al+3].[CH-]=CCCOC1CCCCO1.[CH2-]C.[CH2-]C. The molecule has 1 unspecified atom stereocenters. The minimum atomic E-state index is 0. The molecule has 0 aliphatic carbocycles. The zero-order valence-corrected chi connectivity index (χ0v) is 11.9. The van der Waals surface area contributed by atoms with Crippen LogP contribution >= 0.6 is 0 Å². The van der Waals surface area contributed by atoms with Gasteiger partial charge in [-0.05, 0) is 25.7 Å². The Bertz CT molecular complexity index is 113. The molecular weight excluding hydrogens is 215 g/mol. The first kappa shape index (κ1) is 21.5. The second kappa shape index (κ2) is 20.6. The summed E-state index contributed by atoms with van der Waals surface area (Å²) in [5, 5.41) is 0. The molecule has 0 aromatic carbocycles. The van der Waals surface area contributed by atoms with Crippen LogP contribution in [0.2, 0.25) is 0 Å². The zero-order valence-electron chi connectivity index (χ0n) is 10.8. The Morgan fingerprint density at radius 1 is 1.31 bits per heavy atom. The summed E-state index contributed by atoms with van der Waals surface area (Å²) in [5.74, 6) is 0. The largest absolute Gasteiger partial charge is 3.00 e. The maximum atomic E-state index is 5.39. The van der Waals surface area contributed by atoms with Gasteiger partial charge in [0.1, 0.15) is 0 Å². The first-order valence-corrected chi connectivity index (χ1v) is 5.61. The maximum Gasteiger partial charge on any atom is 3.00 e. The summed E-state index contributed by atoms with van der Waals surface area (Å²) in [6, 6.07) is 0. The summed E-state index contributed by atoms with van der Waals surface area (Å²) < 4.78 is 10.7. The molecule has 0 amide bonds. The van der Waals surface area contributed by atoms with E-state index >= 15 is 0 Å². The molecule has 0 spiro atoms. The van der Waals surface area contributed by atoms with E-state index in [1.165, 1.54) is 12.8 Å². The monoisotopic (exact) mass is 240 g/mol. The second-order valence-corrected chi connectivity index (χ2v) is 2.69. The third-order valence-corrected chi connectivity index (χ3v) is 1.73. The predicted molar refractivity (Wildman–Crippen MR) is 70.8 cm³/mol. The number of ether oxygens (including phenoxy) is 2. The van der Waals surface area contributed by atoms with Crippen molar-refractivity contribution in [2.75, 3.05) is 13.2 Å². The molecule has 1 aliphatic rings. The van der Waals surface area contributed by atoms with Crippen molar-refractivity contribution < 1.29 is 9.47 Å². The molecule has 0 radical (unpaired) electrons. The molecule has 0 aromatic rings. The van der Waals surface area contributed by atoms with E-state index in [9.17, 15) is 0 Å². The van der Waals surface area contributed by atoms with Gasteiger partial charge in [0.15, 0.2) is 6.29 Å². The van der Waals surface area contributed by atoms with Gasteiger partial charge < -0.3 is 29.9 Å². The Balaban J connectivity index is -0.000000305. The molecule has 2 nitrogen and oxygen atoms in total. The van der Waals surface area contributed by atoms with Gasteiger partial charge in [0.2, 0.25) is 0 Å². The second-order valence-electron chi connectivity index (χ2n) is 2.69. The van der Waals surface area contributed by atoms with Crippen molar-refractivity contribution in [2.45, 2.75) is 45.8 Å². The minimum Gasteiger partial charge on any atom is -0.518 e. The van der Waals surface area contributed by atoms with E-state index in [4.69, 9.17) is 16.1 Å². The fourth-order valence-corrected chi connectivity index (χ4v) is 1.11. The molecule has 3 heteroatoms. The van der Waals surface area contributed by atoms with Gasteiger partial charge in [0, 0.05) is 6.61 Å². The fraction of sp³-hybridized carbons (Fsp3) is 0.692. The van der Waals surface area contributed by atoms with Gasteiger partial charge in [-0.15, -0.1) is 0 Å². The predicted octanol–water partition coefficient (Wildman–Crippen LogP) is 3.21. The topological polar surface area (TPSA) is 18.5 Å². The van der Waals surface area contributed by atoms with Crippen molar-refractivity contribution in [3.63, 3.8) is 0 Å². The average Bonchev–Trinajstić information content (AvgIpc) is 2.36. The quantitative estimate of drug-likeness (QED) is 0.427. The molecule has 1 atom stereocenters. The molecule has 1 saturated heterocycles. The molecule has 1 heterocycles. The van der Waals surface area contributed by atoms with Crippen LogP contribution in [0.5, 0.6) is 0 Å². The third-order valence-electron chi connectivity index (χ3n) is 1.73. The summed E-state index contributed by atoms with van der Waals surface area (Å²) >= 11 is 0. The van der Waals surface area contributed by atoms with Gasteiger partial charge in [0.25, 0.3) is 0 Å². The van der Waals surface area contributed by atoms with Crippen molar-refractivity contribution in [3.8, 4) is 0 Å². The molecule has 16 heavy (non-hydrogen) atoms. The number of hydrogen-bond acceptors (Lipinski definition) is 2. The van der Waals surface area contributed by atoms with Crippen LogP contribution in [-0.2, 0) is 9.47 Å². The summed E-state index contributed by atoms with van der Waals surface area (Å²) in [4.78, 5) is 0. The summed E-state index contributed by atoms with van der Waals surface area (Å²) in [6.45, 7) is 16.7. The van der Waals surface area contributed by atoms with Crippen LogP contribution in [0.1, 0.15) is 39.5 Å². The molecule has 1 aliphatic heterocycles. The normalized spacial score (nSPS) is 17.9. The molecule has 1 fully saturated rings. The van der Waals surface area contributed by atoms with Crippen LogP contribution in [0.25, 0.3) is 0 Å². The van der Waals surface area contributed by atoms with Crippen LogP contribution in [-0.4, -0.2) is 36.9 Å².